The summed E-state index contributed by atoms with van der Waals surface area (Å²) >= 11 is 0. The number of esters is 1. The van der Waals surface area contributed by atoms with Crippen LogP contribution in [0, 0.1) is 5.92 Å². The molecule has 1 aliphatic carbocycles. The van der Waals surface area contributed by atoms with Crippen LogP contribution in [0.25, 0.3) is 0 Å². The van der Waals surface area contributed by atoms with Gasteiger partial charge in [0.1, 0.15) is 0 Å². The van der Waals surface area contributed by atoms with Crippen LogP contribution in [0.2, 0.25) is 0 Å². The number of ether oxygens (including phenoxy) is 1. The molecule has 0 fully saturated rings. The number of benzene rings is 2. The van der Waals surface area contributed by atoms with E-state index in [4.69, 9.17) is 4.74 Å². The van der Waals surface area contributed by atoms with Crippen LogP contribution in [0.15, 0.2) is 84.0 Å². The highest BCUT2D eigenvalue weighted by Crippen LogP contribution is 2.34. The third-order valence-electron chi connectivity index (χ3n) is 4.54. The molecule has 2 aromatic rings. The fraction of sp³-hybridized carbons (Fsp3) is 0.261. The second-order valence-electron chi connectivity index (χ2n) is 6.62. The number of carbonyl (C=O) groups is 1. The highest BCUT2D eigenvalue weighted by atomic mass is 31.1. The van der Waals surface area contributed by atoms with E-state index in [9.17, 15) is 4.79 Å². The lowest BCUT2D eigenvalue weighted by molar-refractivity contribution is -0.145. The molecule has 3 rings (SSSR count). The second-order valence-corrected chi connectivity index (χ2v) is 8.96. The van der Waals surface area contributed by atoms with Crippen molar-refractivity contribution in [2.24, 2.45) is 5.92 Å². The third-order valence-corrected chi connectivity index (χ3v) is 7.14. The molecule has 0 saturated carbocycles. The SMILES string of the molecule is CC1=CC(C(=O)OCCCP(c2ccccc2)c2ccccc2)C(C)=C1. The summed E-state index contributed by atoms with van der Waals surface area (Å²) in [5, 5.41) is 2.74. The zero-order chi connectivity index (χ0) is 18.4. The molecule has 0 spiro atoms. The van der Waals surface area contributed by atoms with Crippen molar-refractivity contribution >= 4 is 24.5 Å². The fourth-order valence-corrected chi connectivity index (χ4v) is 5.58. The lowest BCUT2D eigenvalue weighted by atomic mass is 10.1. The first-order valence-corrected chi connectivity index (χ1v) is 10.6. The Morgan fingerprint density at radius 3 is 2.04 bits per heavy atom. The van der Waals surface area contributed by atoms with Gasteiger partial charge in [-0.2, -0.15) is 0 Å². The van der Waals surface area contributed by atoms with Crippen molar-refractivity contribution in [2.45, 2.75) is 20.3 Å². The van der Waals surface area contributed by atoms with Crippen LogP contribution < -0.4 is 10.6 Å². The van der Waals surface area contributed by atoms with E-state index < -0.39 is 7.92 Å². The zero-order valence-corrected chi connectivity index (χ0v) is 16.3. The first-order chi connectivity index (χ1) is 12.6. The van der Waals surface area contributed by atoms with Crippen LogP contribution in [0.5, 0.6) is 0 Å². The van der Waals surface area contributed by atoms with E-state index in [1.165, 1.54) is 10.6 Å². The van der Waals surface area contributed by atoms with Crippen molar-refractivity contribution in [2.75, 3.05) is 12.8 Å². The minimum Gasteiger partial charge on any atom is -0.465 e. The topological polar surface area (TPSA) is 26.3 Å². The predicted octanol–water partition coefficient (Wildman–Crippen LogP) is 4.58. The van der Waals surface area contributed by atoms with Gasteiger partial charge in [-0.25, -0.2) is 0 Å². The largest absolute Gasteiger partial charge is 0.465 e. The molecular formula is C23H25O2P. The molecule has 0 saturated heterocycles. The summed E-state index contributed by atoms with van der Waals surface area (Å²) in [6.45, 7) is 4.49. The third kappa shape index (κ3) is 4.71. The maximum absolute atomic E-state index is 12.3. The Labute approximate surface area is 157 Å². The van der Waals surface area contributed by atoms with Gasteiger partial charge in [0.15, 0.2) is 0 Å². The molecule has 0 N–H and O–H groups in total. The summed E-state index contributed by atoms with van der Waals surface area (Å²) in [6, 6.07) is 21.3. The Hall–Kier alpha value is -2.18. The number of allylic oxidation sites excluding steroid dienone is 2. The van der Waals surface area contributed by atoms with E-state index in [1.807, 2.05) is 19.9 Å². The van der Waals surface area contributed by atoms with Crippen LogP contribution in [-0.4, -0.2) is 18.7 Å². The van der Waals surface area contributed by atoms with Gasteiger partial charge in [-0.3, -0.25) is 4.79 Å². The average Bonchev–Trinajstić information content (AvgIpc) is 3.01. The molecule has 1 unspecified atom stereocenters. The summed E-state index contributed by atoms with van der Waals surface area (Å²) < 4.78 is 5.55. The van der Waals surface area contributed by atoms with Gasteiger partial charge in [-0.05, 0) is 45.0 Å². The fourth-order valence-electron chi connectivity index (χ4n) is 3.25. The standard InChI is InChI=1S/C23H25O2P/c1-18-16-19(2)22(17-18)23(24)25-14-9-15-26(20-10-5-3-6-11-20)21-12-7-4-8-13-21/h3-8,10-13,16-17,22H,9,14-15H2,1-2H3. The first-order valence-electron chi connectivity index (χ1n) is 9.06. The van der Waals surface area contributed by atoms with Crippen molar-refractivity contribution in [3.8, 4) is 0 Å². The molecule has 0 amide bonds. The van der Waals surface area contributed by atoms with Crippen LogP contribution in [0.3, 0.4) is 0 Å². The molecular weight excluding hydrogens is 339 g/mol. The Balaban J connectivity index is 1.57. The lowest BCUT2D eigenvalue weighted by Crippen LogP contribution is -2.18. The quantitative estimate of drug-likeness (QED) is 0.409. The molecule has 2 nitrogen and oxygen atoms in total. The Kier molecular flexibility index (Phi) is 6.41. The lowest BCUT2D eigenvalue weighted by Gasteiger charge is -2.19. The number of rotatable bonds is 7. The van der Waals surface area contributed by atoms with Crippen LogP contribution in [0.1, 0.15) is 20.3 Å². The average molecular weight is 364 g/mol. The normalized spacial score (nSPS) is 16.3. The summed E-state index contributed by atoms with van der Waals surface area (Å²) in [4.78, 5) is 12.3. The molecule has 3 heteroatoms. The molecule has 1 aliphatic rings. The summed E-state index contributed by atoms with van der Waals surface area (Å²) in [5.41, 5.74) is 2.21. The van der Waals surface area contributed by atoms with E-state index in [0.29, 0.717) is 6.61 Å². The molecule has 2 aromatic carbocycles. The smallest absolute Gasteiger partial charge is 0.316 e. The van der Waals surface area contributed by atoms with E-state index in [0.717, 1.165) is 23.7 Å². The number of hydrogen-bond acceptors (Lipinski definition) is 2. The van der Waals surface area contributed by atoms with E-state index in [-0.39, 0.29) is 11.9 Å². The van der Waals surface area contributed by atoms with Crippen LogP contribution in [-0.2, 0) is 9.53 Å². The first kappa shape index (κ1) is 18.6. The molecule has 0 aliphatic heterocycles. The van der Waals surface area contributed by atoms with Crippen molar-refractivity contribution < 1.29 is 9.53 Å². The maximum atomic E-state index is 12.3. The van der Waals surface area contributed by atoms with E-state index >= 15 is 0 Å². The van der Waals surface area contributed by atoms with Gasteiger partial charge < -0.3 is 4.74 Å². The molecule has 0 radical (unpaired) electrons. The minimum atomic E-state index is -0.423. The van der Waals surface area contributed by atoms with Crippen LogP contribution >= 0.6 is 7.92 Å². The van der Waals surface area contributed by atoms with Gasteiger partial charge >= 0.3 is 5.97 Å². The molecule has 134 valence electrons. The summed E-state index contributed by atoms with van der Waals surface area (Å²) in [6.07, 6.45) is 5.93. The van der Waals surface area contributed by atoms with Gasteiger partial charge in [0.05, 0.1) is 12.5 Å². The predicted molar refractivity (Wildman–Crippen MR) is 111 cm³/mol. The Bertz CT molecular complexity index is 754. The van der Waals surface area contributed by atoms with Gasteiger partial charge in [-0.1, -0.05) is 84.0 Å². The second kappa shape index (κ2) is 8.96. The molecule has 0 aromatic heterocycles. The van der Waals surface area contributed by atoms with Gasteiger partial charge in [0.25, 0.3) is 0 Å². The van der Waals surface area contributed by atoms with Crippen molar-refractivity contribution in [3.63, 3.8) is 0 Å². The van der Waals surface area contributed by atoms with Crippen molar-refractivity contribution in [1.29, 1.82) is 0 Å². The van der Waals surface area contributed by atoms with Crippen molar-refractivity contribution in [1.82, 2.24) is 0 Å². The Morgan fingerprint density at radius 2 is 1.54 bits per heavy atom. The zero-order valence-electron chi connectivity index (χ0n) is 15.4. The maximum Gasteiger partial charge on any atom is 0.316 e. The Morgan fingerprint density at radius 1 is 0.962 bits per heavy atom. The highest BCUT2D eigenvalue weighted by Gasteiger charge is 2.23. The van der Waals surface area contributed by atoms with Gasteiger partial charge in [-0.15, -0.1) is 0 Å². The molecule has 1 atom stereocenters. The number of hydrogen-bond donors (Lipinski definition) is 0. The summed E-state index contributed by atoms with van der Waals surface area (Å²) in [7, 11) is -0.423. The number of carbonyl (C=O) groups excluding carboxylic acids is 1. The van der Waals surface area contributed by atoms with E-state index in [2.05, 4.69) is 66.7 Å². The minimum absolute atomic E-state index is 0.126. The van der Waals surface area contributed by atoms with Gasteiger partial charge in [0.2, 0.25) is 0 Å². The molecule has 0 bridgehead atoms. The van der Waals surface area contributed by atoms with Gasteiger partial charge in [0, 0.05) is 0 Å². The highest BCUT2D eigenvalue weighted by molar-refractivity contribution is 7.73. The van der Waals surface area contributed by atoms with Crippen LogP contribution in [0.4, 0.5) is 0 Å². The van der Waals surface area contributed by atoms with Crippen molar-refractivity contribution in [3.05, 3.63) is 84.0 Å². The molecule has 26 heavy (non-hydrogen) atoms. The molecule has 0 heterocycles. The summed E-state index contributed by atoms with van der Waals surface area (Å²) in [5.74, 6) is -0.320. The van der Waals surface area contributed by atoms with E-state index in [1.54, 1.807) is 0 Å². The monoisotopic (exact) mass is 364 g/mol.